The normalized spacial score (nSPS) is 16.2. The molecule has 0 unspecified atom stereocenters. The molecule has 0 aliphatic carbocycles. The number of rotatable bonds is 15. The number of nitrogens with one attached hydrogen (secondary N) is 1. The summed E-state index contributed by atoms with van der Waals surface area (Å²) in [5.74, 6) is 2.15. The van der Waals surface area contributed by atoms with Crippen molar-refractivity contribution in [1.82, 2.24) is 24.9 Å². The van der Waals surface area contributed by atoms with Gasteiger partial charge in [-0.25, -0.2) is 0 Å². The standard InChI is InChI=1S/C39H53N5O4/c1-41(2)21-4-28-48-37-15-9-33(10-16-37)29-42-22-18-35(19-23-42)39(46)44-26-24-43(25-27-44)30-32-5-11-34(12-6-32)38(45)40-20-17-31-7-13-36(47-3)14-8-31/h5-16,35H,4,17-30H2,1-3H3,(H,40,45). The SMILES string of the molecule is COc1ccc(CCNC(=O)c2ccc(CN3CCN(C(=O)C4CCN(Cc5ccc(OCCCN(C)C)cc5)CC4)CC3)cc2)cc1. The van der Waals surface area contributed by atoms with Crippen molar-refractivity contribution in [2.75, 3.05) is 80.2 Å². The van der Waals surface area contributed by atoms with E-state index in [2.05, 4.69) is 63.3 Å². The van der Waals surface area contributed by atoms with Crippen LogP contribution < -0.4 is 14.8 Å². The van der Waals surface area contributed by atoms with Crippen LogP contribution in [0.2, 0.25) is 0 Å². The maximum absolute atomic E-state index is 13.4. The van der Waals surface area contributed by atoms with Gasteiger partial charge in [-0.3, -0.25) is 19.4 Å². The molecule has 2 saturated heterocycles. The lowest BCUT2D eigenvalue weighted by atomic mass is 9.94. The molecule has 2 aliphatic rings. The number of hydrogen-bond donors (Lipinski definition) is 1. The zero-order chi connectivity index (χ0) is 33.7. The Morgan fingerprint density at radius 2 is 1.31 bits per heavy atom. The van der Waals surface area contributed by atoms with Crippen molar-refractivity contribution in [3.05, 3.63) is 95.1 Å². The molecule has 2 aliphatic heterocycles. The molecule has 0 radical (unpaired) electrons. The third kappa shape index (κ3) is 10.8. The van der Waals surface area contributed by atoms with E-state index in [1.807, 2.05) is 48.5 Å². The van der Waals surface area contributed by atoms with Crippen molar-refractivity contribution in [3.63, 3.8) is 0 Å². The highest BCUT2D eigenvalue weighted by Crippen LogP contribution is 2.23. The van der Waals surface area contributed by atoms with Crippen LogP contribution in [-0.2, 0) is 24.3 Å². The minimum absolute atomic E-state index is 0.0566. The highest BCUT2D eigenvalue weighted by molar-refractivity contribution is 5.94. The van der Waals surface area contributed by atoms with Crippen LogP contribution in [0.5, 0.6) is 11.5 Å². The van der Waals surface area contributed by atoms with Crippen molar-refractivity contribution in [2.45, 2.75) is 38.8 Å². The number of benzene rings is 3. The average Bonchev–Trinajstić information content (AvgIpc) is 3.11. The molecule has 9 heteroatoms. The fourth-order valence-corrected chi connectivity index (χ4v) is 6.48. The van der Waals surface area contributed by atoms with Crippen LogP contribution in [0.15, 0.2) is 72.8 Å². The number of nitrogens with zero attached hydrogens (tertiary/aromatic N) is 4. The number of carbonyl (C=O) groups is 2. The van der Waals surface area contributed by atoms with E-state index in [-0.39, 0.29) is 11.8 Å². The Balaban J connectivity index is 0.964. The van der Waals surface area contributed by atoms with E-state index in [1.165, 1.54) is 11.1 Å². The predicted octanol–water partition coefficient (Wildman–Crippen LogP) is 4.55. The second-order valence-electron chi connectivity index (χ2n) is 13.4. The van der Waals surface area contributed by atoms with Gasteiger partial charge in [0.15, 0.2) is 0 Å². The number of carbonyl (C=O) groups excluding carboxylic acids is 2. The van der Waals surface area contributed by atoms with Gasteiger partial charge in [0.2, 0.25) is 5.91 Å². The maximum Gasteiger partial charge on any atom is 0.251 e. The van der Waals surface area contributed by atoms with Crippen molar-refractivity contribution in [1.29, 1.82) is 0 Å². The van der Waals surface area contributed by atoms with Crippen LogP contribution in [0.1, 0.15) is 46.3 Å². The van der Waals surface area contributed by atoms with Crippen LogP contribution in [0.4, 0.5) is 0 Å². The topological polar surface area (TPSA) is 77.6 Å². The Morgan fingerprint density at radius 3 is 1.92 bits per heavy atom. The van der Waals surface area contributed by atoms with Gasteiger partial charge in [0, 0.05) is 63.8 Å². The first-order chi connectivity index (χ1) is 23.4. The lowest BCUT2D eigenvalue weighted by molar-refractivity contribution is -0.139. The molecule has 0 saturated carbocycles. The predicted molar refractivity (Wildman–Crippen MR) is 190 cm³/mol. The number of ether oxygens (including phenoxy) is 2. The first-order valence-corrected chi connectivity index (χ1v) is 17.5. The van der Waals surface area contributed by atoms with Crippen molar-refractivity contribution in [2.24, 2.45) is 5.92 Å². The zero-order valence-corrected chi connectivity index (χ0v) is 29.0. The Kier molecular flexibility index (Phi) is 13.3. The summed E-state index contributed by atoms with van der Waals surface area (Å²) in [7, 11) is 5.81. The molecule has 0 bridgehead atoms. The van der Waals surface area contributed by atoms with Crippen LogP contribution in [0.25, 0.3) is 0 Å². The van der Waals surface area contributed by atoms with Gasteiger partial charge in [-0.1, -0.05) is 36.4 Å². The van der Waals surface area contributed by atoms with Crippen molar-refractivity contribution in [3.8, 4) is 11.5 Å². The molecule has 2 amide bonds. The average molecular weight is 656 g/mol. The Hall–Kier alpha value is -3.92. The Labute approximate surface area is 286 Å². The molecule has 3 aromatic carbocycles. The van der Waals surface area contributed by atoms with Crippen LogP contribution in [0.3, 0.4) is 0 Å². The second-order valence-corrected chi connectivity index (χ2v) is 13.4. The van der Waals surface area contributed by atoms with Gasteiger partial charge in [-0.2, -0.15) is 0 Å². The number of hydrogen-bond acceptors (Lipinski definition) is 7. The smallest absolute Gasteiger partial charge is 0.251 e. The fourth-order valence-electron chi connectivity index (χ4n) is 6.48. The van der Waals surface area contributed by atoms with Gasteiger partial charge in [-0.15, -0.1) is 0 Å². The summed E-state index contributed by atoms with van der Waals surface area (Å²) >= 11 is 0. The molecular formula is C39H53N5O4. The zero-order valence-electron chi connectivity index (χ0n) is 29.0. The summed E-state index contributed by atoms with van der Waals surface area (Å²) in [6.07, 6.45) is 3.63. The van der Waals surface area contributed by atoms with E-state index < -0.39 is 0 Å². The van der Waals surface area contributed by atoms with Crippen molar-refractivity contribution < 1.29 is 19.1 Å². The minimum Gasteiger partial charge on any atom is -0.497 e. The molecule has 2 heterocycles. The summed E-state index contributed by atoms with van der Waals surface area (Å²) in [4.78, 5) is 35.1. The highest BCUT2D eigenvalue weighted by Gasteiger charge is 2.30. The summed E-state index contributed by atoms with van der Waals surface area (Å²) in [5, 5.41) is 3.02. The van der Waals surface area contributed by atoms with Gasteiger partial charge in [0.05, 0.1) is 13.7 Å². The first kappa shape index (κ1) is 35.4. The van der Waals surface area contributed by atoms with E-state index in [9.17, 15) is 9.59 Å². The molecule has 258 valence electrons. The molecule has 0 aromatic heterocycles. The van der Waals surface area contributed by atoms with Gasteiger partial charge < -0.3 is 24.6 Å². The molecule has 0 atom stereocenters. The quantitative estimate of drug-likeness (QED) is 0.241. The van der Waals surface area contributed by atoms with E-state index in [0.717, 1.165) is 108 Å². The largest absolute Gasteiger partial charge is 0.497 e. The van der Waals surface area contributed by atoms with Gasteiger partial charge in [-0.05, 0) is 106 Å². The molecule has 5 rings (SSSR count). The van der Waals surface area contributed by atoms with E-state index >= 15 is 0 Å². The lowest BCUT2D eigenvalue weighted by Gasteiger charge is -2.38. The number of amides is 2. The summed E-state index contributed by atoms with van der Waals surface area (Å²) in [5.41, 5.74) is 4.29. The summed E-state index contributed by atoms with van der Waals surface area (Å²) in [6.45, 7) is 9.27. The number of methoxy groups -OCH3 is 1. The minimum atomic E-state index is -0.0566. The molecule has 0 spiro atoms. The lowest BCUT2D eigenvalue weighted by Crippen LogP contribution is -2.51. The molecular weight excluding hydrogens is 602 g/mol. The third-order valence-electron chi connectivity index (χ3n) is 9.45. The molecule has 9 nitrogen and oxygen atoms in total. The summed E-state index contributed by atoms with van der Waals surface area (Å²) < 4.78 is 11.1. The summed E-state index contributed by atoms with van der Waals surface area (Å²) in [6, 6.07) is 24.3. The maximum atomic E-state index is 13.4. The Morgan fingerprint density at radius 1 is 0.750 bits per heavy atom. The van der Waals surface area contributed by atoms with E-state index in [1.54, 1.807) is 7.11 Å². The number of piperidine rings is 1. The number of piperazine rings is 1. The fraction of sp³-hybridized carbons (Fsp3) is 0.487. The first-order valence-electron chi connectivity index (χ1n) is 17.5. The van der Waals surface area contributed by atoms with Crippen LogP contribution in [0, 0.1) is 5.92 Å². The van der Waals surface area contributed by atoms with Crippen LogP contribution in [-0.4, -0.2) is 112 Å². The Bertz CT molecular complexity index is 1410. The molecule has 2 fully saturated rings. The highest BCUT2D eigenvalue weighted by atomic mass is 16.5. The van der Waals surface area contributed by atoms with Gasteiger partial charge >= 0.3 is 0 Å². The van der Waals surface area contributed by atoms with E-state index in [0.29, 0.717) is 18.0 Å². The van der Waals surface area contributed by atoms with Crippen molar-refractivity contribution >= 4 is 11.8 Å². The second kappa shape index (κ2) is 18.0. The van der Waals surface area contributed by atoms with Gasteiger partial charge in [0.1, 0.15) is 11.5 Å². The third-order valence-corrected chi connectivity index (χ3v) is 9.45. The monoisotopic (exact) mass is 655 g/mol. The van der Waals surface area contributed by atoms with Gasteiger partial charge in [0.25, 0.3) is 5.91 Å². The number of likely N-dealkylation sites (tertiary alicyclic amines) is 1. The molecule has 3 aromatic rings. The van der Waals surface area contributed by atoms with E-state index in [4.69, 9.17) is 9.47 Å². The molecule has 48 heavy (non-hydrogen) atoms. The molecule has 1 N–H and O–H groups in total. The van der Waals surface area contributed by atoms with Crippen LogP contribution >= 0.6 is 0 Å².